The van der Waals surface area contributed by atoms with Crippen molar-refractivity contribution < 1.29 is 0 Å². The maximum Gasteiger partial charge on any atom is -0.00191 e. The molecule has 2 nitrogen and oxygen atoms in total. The Morgan fingerprint density at radius 2 is 1.48 bits per heavy atom. The molecule has 4 fully saturated rings. The Balaban J connectivity index is 0.000000237. The van der Waals surface area contributed by atoms with Crippen molar-refractivity contribution in [2.45, 2.75) is 91.4 Å². The highest BCUT2D eigenvalue weighted by Crippen LogP contribution is 2.53. The molecule has 25 heavy (non-hydrogen) atoms. The lowest BCUT2D eigenvalue weighted by Gasteiger charge is -2.51. The highest BCUT2D eigenvalue weighted by atomic mass is 15.1. The lowest BCUT2D eigenvalue weighted by molar-refractivity contribution is 0.00421. The van der Waals surface area contributed by atoms with Gasteiger partial charge in [0.15, 0.2) is 0 Å². The number of nitrogens with zero attached hydrogens (tertiary/aromatic N) is 1. The van der Waals surface area contributed by atoms with Crippen LogP contribution in [0.25, 0.3) is 0 Å². The predicted molar refractivity (Wildman–Crippen MR) is 111 cm³/mol. The molecular weight excluding hydrogens is 304 g/mol. The van der Waals surface area contributed by atoms with Crippen molar-refractivity contribution in [2.75, 3.05) is 33.2 Å². The molecule has 2 saturated carbocycles. The van der Waals surface area contributed by atoms with Crippen molar-refractivity contribution in [3.63, 3.8) is 0 Å². The van der Waals surface area contributed by atoms with E-state index in [1.165, 1.54) is 77.5 Å². The fraction of sp³-hybridized carbons (Fsp3) is 1.00. The van der Waals surface area contributed by atoms with Gasteiger partial charge < -0.3 is 10.2 Å². The van der Waals surface area contributed by atoms with E-state index in [-0.39, 0.29) is 0 Å². The van der Waals surface area contributed by atoms with Crippen molar-refractivity contribution in [2.24, 2.45) is 23.2 Å². The first-order chi connectivity index (χ1) is 12.2. The lowest BCUT2D eigenvalue weighted by Crippen LogP contribution is -2.46. The summed E-state index contributed by atoms with van der Waals surface area (Å²) < 4.78 is 0. The molecule has 1 spiro atoms. The molecule has 4 rings (SSSR count). The van der Waals surface area contributed by atoms with Crippen LogP contribution in [0.5, 0.6) is 0 Å². The SMILES string of the molecule is CC.CCC1CCC1.CN1CCC(CC2CC3(CCNCC3)C2)CC1. The van der Waals surface area contributed by atoms with Gasteiger partial charge in [0.25, 0.3) is 0 Å². The number of nitrogens with one attached hydrogen (secondary N) is 1. The van der Waals surface area contributed by atoms with E-state index >= 15 is 0 Å². The van der Waals surface area contributed by atoms with E-state index in [0.717, 1.165) is 23.2 Å². The molecule has 2 saturated heterocycles. The second-order valence-electron chi connectivity index (χ2n) is 9.21. The van der Waals surface area contributed by atoms with Gasteiger partial charge in [0.2, 0.25) is 0 Å². The Labute approximate surface area is 158 Å². The van der Waals surface area contributed by atoms with Gasteiger partial charge in [0.1, 0.15) is 0 Å². The quantitative estimate of drug-likeness (QED) is 0.700. The van der Waals surface area contributed by atoms with Gasteiger partial charge in [-0.05, 0) is 101 Å². The second-order valence-corrected chi connectivity index (χ2v) is 9.21. The minimum absolute atomic E-state index is 0.793. The third-order valence-electron chi connectivity index (χ3n) is 7.41. The molecule has 2 heterocycles. The van der Waals surface area contributed by atoms with Gasteiger partial charge in [-0.1, -0.05) is 46.5 Å². The second kappa shape index (κ2) is 10.9. The van der Waals surface area contributed by atoms with Crippen LogP contribution in [-0.2, 0) is 0 Å². The maximum absolute atomic E-state index is 3.50. The van der Waals surface area contributed by atoms with Crippen LogP contribution in [0.15, 0.2) is 0 Å². The van der Waals surface area contributed by atoms with E-state index in [1.807, 2.05) is 13.8 Å². The van der Waals surface area contributed by atoms with Gasteiger partial charge >= 0.3 is 0 Å². The van der Waals surface area contributed by atoms with Crippen LogP contribution in [0.3, 0.4) is 0 Å². The molecule has 0 atom stereocenters. The third kappa shape index (κ3) is 6.54. The molecule has 2 aliphatic heterocycles. The molecule has 0 bridgehead atoms. The molecule has 0 aromatic carbocycles. The summed E-state index contributed by atoms with van der Waals surface area (Å²) in [5, 5.41) is 3.50. The van der Waals surface area contributed by atoms with Gasteiger partial charge in [-0.3, -0.25) is 0 Å². The Morgan fingerprint density at radius 1 is 0.880 bits per heavy atom. The number of hydrogen-bond acceptors (Lipinski definition) is 2. The summed E-state index contributed by atoms with van der Waals surface area (Å²) in [6, 6.07) is 0. The Hall–Kier alpha value is -0.0800. The first-order valence-electron chi connectivity index (χ1n) is 11.6. The summed E-state index contributed by atoms with van der Waals surface area (Å²) in [6.07, 6.45) is 16.4. The molecule has 148 valence electrons. The monoisotopic (exact) mass is 350 g/mol. The van der Waals surface area contributed by atoms with E-state index < -0.39 is 0 Å². The van der Waals surface area contributed by atoms with Crippen molar-refractivity contribution >= 4 is 0 Å². The summed E-state index contributed by atoms with van der Waals surface area (Å²) in [6.45, 7) is 11.5. The average Bonchev–Trinajstić information content (AvgIpc) is 2.58. The topological polar surface area (TPSA) is 15.3 Å². The van der Waals surface area contributed by atoms with Gasteiger partial charge in [-0.15, -0.1) is 0 Å². The maximum atomic E-state index is 3.50. The smallest absolute Gasteiger partial charge is 0.00191 e. The van der Waals surface area contributed by atoms with Crippen molar-refractivity contribution in [3.05, 3.63) is 0 Å². The third-order valence-corrected chi connectivity index (χ3v) is 7.41. The van der Waals surface area contributed by atoms with Crippen LogP contribution in [0.1, 0.15) is 91.4 Å². The Bertz CT molecular complexity index is 325. The molecule has 0 unspecified atom stereocenters. The van der Waals surface area contributed by atoms with Crippen molar-refractivity contribution in [1.82, 2.24) is 10.2 Å². The van der Waals surface area contributed by atoms with E-state index in [9.17, 15) is 0 Å². The highest BCUT2D eigenvalue weighted by molar-refractivity contribution is 4.97. The van der Waals surface area contributed by atoms with E-state index in [4.69, 9.17) is 0 Å². The largest absolute Gasteiger partial charge is 0.317 e. The normalized spacial score (nSPS) is 27.4. The summed E-state index contributed by atoms with van der Waals surface area (Å²) in [7, 11) is 2.27. The summed E-state index contributed by atoms with van der Waals surface area (Å²) >= 11 is 0. The molecule has 0 aromatic heterocycles. The molecule has 0 amide bonds. The van der Waals surface area contributed by atoms with Crippen LogP contribution in [-0.4, -0.2) is 38.1 Å². The zero-order valence-corrected chi connectivity index (χ0v) is 17.8. The number of piperidine rings is 2. The van der Waals surface area contributed by atoms with E-state index in [2.05, 4.69) is 24.2 Å². The standard InChI is InChI=1S/C15H28N2.C6H12.C2H6/c1-17-8-2-13(3-9-17)10-14-11-15(12-14)4-6-16-7-5-15;1-2-6-4-3-5-6;1-2/h13-14,16H,2-12H2,1H3;6H,2-5H2,1H3;1-2H3. The molecule has 4 aliphatic rings. The minimum atomic E-state index is 0.793. The molecular formula is C23H46N2. The van der Waals surface area contributed by atoms with Crippen molar-refractivity contribution in [3.8, 4) is 0 Å². The zero-order valence-electron chi connectivity index (χ0n) is 17.8. The summed E-state index contributed by atoms with van der Waals surface area (Å²) in [5.41, 5.74) is 0.793. The van der Waals surface area contributed by atoms with Gasteiger partial charge in [0.05, 0.1) is 0 Å². The van der Waals surface area contributed by atoms with Crippen LogP contribution in [0.2, 0.25) is 0 Å². The molecule has 0 aromatic rings. The predicted octanol–water partition coefficient (Wildman–Crippen LogP) is 5.72. The molecule has 1 N–H and O–H groups in total. The Morgan fingerprint density at radius 3 is 1.92 bits per heavy atom. The van der Waals surface area contributed by atoms with Crippen LogP contribution < -0.4 is 5.32 Å². The molecule has 2 heteroatoms. The van der Waals surface area contributed by atoms with E-state index in [0.29, 0.717) is 0 Å². The van der Waals surface area contributed by atoms with E-state index in [1.54, 1.807) is 19.3 Å². The van der Waals surface area contributed by atoms with Crippen LogP contribution >= 0.6 is 0 Å². The van der Waals surface area contributed by atoms with Crippen LogP contribution in [0.4, 0.5) is 0 Å². The molecule has 0 radical (unpaired) electrons. The summed E-state index contributed by atoms with van der Waals surface area (Å²) in [5.74, 6) is 3.25. The summed E-state index contributed by atoms with van der Waals surface area (Å²) in [4.78, 5) is 2.49. The zero-order chi connectivity index (χ0) is 18.1. The minimum Gasteiger partial charge on any atom is -0.317 e. The lowest BCUT2D eigenvalue weighted by atomic mass is 9.56. The highest BCUT2D eigenvalue weighted by Gasteiger charge is 2.44. The van der Waals surface area contributed by atoms with Gasteiger partial charge in [0, 0.05) is 0 Å². The first-order valence-corrected chi connectivity index (χ1v) is 11.6. The number of hydrogen-bond donors (Lipinski definition) is 1. The fourth-order valence-electron chi connectivity index (χ4n) is 5.37. The van der Waals surface area contributed by atoms with Crippen molar-refractivity contribution in [1.29, 1.82) is 0 Å². The fourth-order valence-corrected chi connectivity index (χ4v) is 5.37. The average molecular weight is 351 g/mol. The van der Waals surface area contributed by atoms with Gasteiger partial charge in [-0.25, -0.2) is 0 Å². The first kappa shape index (κ1) is 21.2. The number of rotatable bonds is 3. The number of likely N-dealkylation sites (tertiary alicyclic amines) is 1. The van der Waals surface area contributed by atoms with Crippen LogP contribution in [0, 0.1) is 23.2 Å². The molecule has 2 aliphatic carbocycles. The van der Waals surface area contributed by atoms with Gasteiger partial charge in [-0.2, -0.15) is 0 Å². The Kier molecular flexibility index (Phi) is 9.27.